The van der Waals surface area contributed by atoms with E-state index in [4.69, 9.17) is 11.6 Å². The zero-order valence-electron chi connectivity index (χ0n) is 12.3. The molecule has 22 heavy (non-hydrogen) atoms. The van der Waals surface area contributed by atoms with Crippen LogP contribution < -0.4 is 5.32 Å². The number of hydrogen-bond donors (Lipinski definition) is 2. The second-order valence-corrected chi connectivity index (χ2v) is 5.83. The van der Waals surface area contributed by atoms with Crippen LogP contribution in [0.25, 0.3) is 10.9 Å². The summed E-state index contributed by atoms with van der Waals surface area (Å²) in [5.41, 5.74) is 0.917. The van der Waals surface area contributed by atoms with Crippen LogP contribution in [0.5, 0.6) is 0 Å². The molecular formula is C15H16ClN5O. The molecule has 0 aliphatic carbocycles. The number of hydrogen-bond acceptors (Lipinski definition) is 3. The molecular weight excluding hydrogens is 302 g/mol. The van der Waals surface area contributed by atoms with E-state index in [0.29, 0.717) is 11.0 Å². The standard InChI is InChI=1S/C15H16ClN5O/c1-9(2)14-18-15(20-19-14)17-13(22)8-21-6-5-10-3-4-11(16)7-12(10)21/h3-7,9H,8H2,1-2H3,(H2,17,18,19,20,22). The lowest BCUT2D eigenvalue weighted by Crippen LogP contribution is -2.19. The number of aromatic amines is 1. The van der Waals surface area contributed by atoms with Gasteiger partial charge in [-0.2, -0.15) is 4.98 Å². The predicted octanol–water partition coefficient (Wildman–Crippen LogP) is 3.17. The number of aromatic nitrogens is 4. The summed E-state index contributed by atoms with van der Waals surface area (Å²) < 4.78 is 1.84. The van der Waals surface area contributed by atoms with Crippen LogP contribution in [0.3, 0.4) is 0 Å². The third kappa shape index (κ3) is 2.96. The molecule has 0 saturated carbocycles. The van der Waals surface area contributed by atoms with Crippen LogP contribution in [0.2, 0.25) is 5.02 Å². The minimum Gasteiger partial charge on any atom is -0.338 e. The van der Waals surface area contributed by atoms with Crippen molar-refractivity contribution in [1.29, 1.82) is 0 Å². The van der Waals surface area contributed by atoms with Gasteiger partial charge in [-0.1, -0.05) is 31.5 Å². The van der Waals surface area contributed by atoms with Gasteiger partial charge >= 0.3 is 0 Å². The number of rotatable bonds is 4. The summed E-state index contributed by atoms with van der Waals surface area (Å²) in [5, 5.41) is 11.2. The highest BCUT2D eigenvalue weighted by Crippen LogP contribution is 2.20. The van der Waals surface area contributed by atoms with Gasteiger partial charge in [0.1, 0.15) is 12.4 Å². The molecule has 0 fully saturated rings. The van der Waals surface area contributed by atoms with Gasteiger partial charge in [-0.25, -0.2) is 0 Å². The van der Waals surface area contributed by atoms with Gasteiger partial charge in [0, 0.05) is 22.7 Å². The van der Waals surface area contributed by atoms with E-state index >= 15 is 0 Å². The fraction of sp³-hybridized carbons (Fsp3) is 0.267. The molecule has 0 aliphatic heterocycles. The molecule has 2 heterocycles. The lowest BCUT2D eigenvalue weighted by molar-refractivity contribution is -0.116. The van der Waals surface area contributed by atoms with Crippen LogP contribution in [0, 0.1) is 0 Å². The van der Waals surface area contributed by atoms with Crippen molar-refractivity contribution in [3.63, 3.8) is 0 Å². The molecule has 0 saturated heterocycles. The van der Waals surface area contributed by atoms with E-state index in [0.717, 1.165) is 16.7 Å². The maximum Gasteiger partial charge on any atom is 0.248 e. The highest BCUT2D eigenvalue weighted by molar-refractivity contribution is 6.31. The minimum atomic E-state index is -0.188. The van der Waals surface area contributed by atoms with Crippen LogP contribution in [0.15, 0.2) is 30.5 Å². The van der Waals surface area contributed by atoms with E-state index in [-0.39, 0.29) is 18.4 Å². The van der Waals surface area contributed by atoms with E-state index in [2.05, 4.69) is 20.5 Å². The maximum absolute atomic E-state index is 12.1. The van der Waals surface area contributed by atoms with Gasteiger partial charge in [-0.15, -0.1) is 5.10 Å². The Morgan fingerprint density at radius 1 is 1.41 bits per heavy atom. The van der Waals surface area contributed by atoms with Gasteiger partial charge in [0.15, 0.2) is 0 Å². The number of anilines is 1. The number of fused-ring (bicyclic) bond motifs is 1. The first kappa shape index (κ1) is 14.6. The zero-order chi connectivity index (χ0) is 15.7. The molecule has 3 aromatic rings. The molecule has 0 atom stereocenters. The van der Waals surface area contributed by atoms with E-state index in [1.807, 2.05) is 48.9 Å². The highest BCUT2D eigenvalue weighted by Gasteiger charge is 2.11. The monoisotopic (exact) mass is 317 g/mol. The van der Waals surface area contributed by atoms with Crippen LogP contribution in [-0.2, 0) is 11.3 Å². The molecule has 114 valence electrons. The number of nitrogens with zero attached hydrogens (tertiary/aromatic N) is 3. The summed E-state index contributed by atoms with van der Waals surface area (Å²) in [4.78, 5) is 16.4. The number of benzene rings is 1. The maximum atomic E-state index is 12.1. The second-order valence-electron chi connectivity index (χ2n) is 5.39. The van der Waals surface area contributed by atoms with Gasteiger partial charge in [0.25, 0.3) is 0 Å². The zero-order valence-corrected chi connectivity index (χ0v) is 13.1. The van der Waals surface area contributed by atoms with E-state index < -0.39 is 0 Å². The number of halogens is 1. The Kier molecular flexibility index (Phi) is 3.85. The quantitative estimate of drug-likeness (QED) is 0.776. The van der Waals surface area contributed by atoms with E-state index in [1.54, 1.807) is 0 Å². The minimum absolute atomic E-state index is 0.176. The van der Waals surface area contributed by atoms with Crippen molar-refractivity contribution in [2.45, 2.75) is 26.3 Å². The molecule has 2 aromatic heterocycles. The summed E-state index contributed by atoms with van der Waals surface area (Å²) in [6.07, 6.45) is 1.86. The topological polar surface area (TPSA) is 75.6 Å². The van der Waals surface area contributed by atoms with Crippen LogP contribution >= 0.6 is 11.6 Å². The molecule has 0 spiro atoms. The first-order valence-corrected chi connectivity index (χ1v) is 7.37. The van der Waals surface area contributed by atoms with Gasteiger partial charge in [0.2, 0.25) is 11.9 Å². The van der Waals surface area contributed by atoms with Crippen molar-refractivity contribution in [3.05, 3.63) is 41.3 Å². The Bertz CT molecular complexity index is 820. The summed E-state index contributed by atoms with van der Waals surface area (Å²) >= 11 is 6.01. The van der Waals surface area contributed by atoms with Gasteiger partial charge in [0.05, 0.1) is 0 Å². The van der Waals surface area contributed by atoms with Gasteiger partial charge in [-0.3, -0.25) is 15.2 Å². The van der Waals surface area contributed by atoms with Crippen LogP contribution in [0.4, 0.5) is 5.95 Å². The van der Waals surface area contributed by atoms with Crippen molar-refractivity contribution >= 4 is 34.4 Å². The average molecular weight is 318 g/mol. The fourth-order valence-corrected chi connectivity index (χ4v) is 2.37. The number of H-pyrrole nitrogens is 1. The van der Waals surface area contributed by atoms with Crippen molar-refractivity contribution in [3.8, 4) is 0 Å². The molecule has 2 N–H and O–H groups in total. The summed E-state index contributed by atoms with van der Waals surface area (Å²) in [6, 6.07) is 7.54. The molecule has 0 unspecified atom stereocenters. The molecule has 3 rings (SSSR count). The lowest BCUT2D eigenvalue weighted by Gasteiger charge is -2.05. The average Bonchev–Trinajstić information content (AvgIpc) is 3.07. The summed E-state index contributed by atoms with van der Waals surface area (Å²) in [5.74, 6) is 1.08. The number of carbonyl (C=O) groups excluding carboxylic acids is 1. The third-order valence-electron chi connectivity index (χ3n) is 3.35. The Morgan fingerprint density at radius 3 is 2.95 bits per heavy atom. The second kappa shape index (κ2) is 5.81. The predicted molar refractivity (Wildman–Crippen MR) is 86.0 cm³/mol. The summed E-state index contributed by atoms with van der Waals surface area (Å²) in [7, 11) is 0. The van der Waals surface area contributed by atoms with Gasteiger partial charge < -0.3 is 4.57 Å². The van der Waals surface area contributed by atoms with E-state index in [1.165, 1.54) is 0 Å². The Labute approximate surface area is 132 Å². The normalized spacial score (nSPS) is 11.3. The lowest BCUT2D eigenvalue weighted by atomic mass is 10.2. The molecule has 1 amide bonds. The Hall–Kier alpha value is -2.34. The van der Waals surface area contributed by atoms with Crippen LogP contribution in [0.1, 0.15) is 25.6 Å². The summed E-state index contributed by atoms with van der Waals surface area (Å²) in [6.45, 7) is 4.18. The van der Waals surface area contributed by atoms with E-state index in [9.17, 15) is 4.79 Å². The van der Waals surface area contributed by atoms with Gasteiger partial charge in [-0.05, 0) is 23.6 Å². The van der Waals surface area contributed by atoms with Crippen molar-refractivity contribution in [1.82, 2.24) is 19.7 Å². The molecule has 1 aromatic carbocycles. The molecule has 0 radical (unpaired) electrons. The molecule has 0 bridgehead atoms. The first-order valence-electron chi connectivity index (χ1n) is 6.99. The molecule has 0 aliphatic rings. The van der Waals surface area contributed by atoms with Crippen molar-refractivity contribution in [2.24, 2.45) is 0 Å². The number of carbonyl (C=O) groups is 1. The van der Waals surface area contributed by atoms with Crippen molar-refractivity contribution < 1.29 is 4.79 Å². The molecule has 6 nitrogen and oxygen atoms in total. The highest BCUT2D eigenvalue weighted by atomic mass is 35.5. The first-order chi connectivity index (χ1) is 10.5. The number of amides is 1. The SMILES string of the molecule is CC(C)c1nc(NC(=O)Cn2ccc3ccc(Cl)cc32)n[nH]1. The van der Waals surface area contributed by atoms with Crippen LogP contribution in [-0.4, -0.2) is 25.7 Å². The smallest absolute Gasteiger partial charge is 0.248 e. The number of nitrogens with one attached hydrogen (secondary N) is 2. The fourth-order valence-electron chi connectivity index (χ4n) is 2.20. The third-order valence-corrected chi connectivity index (χ3v) is 3.59. The Balaban J connectivity index is 1.74. The Morgan fingerprint density at radius 2 is 2.23 bits per heavy atom. The van der Waals surface area contributed by atoms with Crippen molar-refractivity contribution in [2.75, 3.05) is 5.32 Å². The largest absolute Gasteiger partial charge is 0.338 e. The molecule has 7 heteroatoms.